The lowest BCUT2D eigenvalue weighted by Gasteiger charge is -2.10. The lowest BCUT2D eigenvalue weighted by atomic mass is 10.2. The molecule has 0 amide bonds. The van der Waals surface area contributed by atoms with Crippen molar-refractivity contribution in [1.82, 2.24) is 24.9 Å². The molecule has 4 rings (SSSR count). The number of ether oxygens (including phenoxy) is 1. The molecule has 0 spiro atoms. The molecular weight excluding hydrogens is 430 g/mol. The van der Waals surface area contributed by atoms with Crippen molar-refractivity contribution in [3.8, 4) is 22.2 Å². The standard InChI is InChI=1S/C19H18ClN5O2S2/c1-26-10-5-9-25-17(13-6-2-3-7-14(13)20)22-23-19(25)29-12-16-21-18(27-24-16)15-8-4-11-28-15/h2-4,6-8,11H,5,9-10,12H2,1H3. The Kier molecular flexibility index (Phi) is 6.60. The minimum atomic E-state index is 0.528. The van der Waals surface area contributed by atoms with Gasteiger partial charge >= 0.3 is 0 Å². The molecule has 3 aromatic heterocycles. The van der Waals surface area contributed by atoms with Crippen LogP contribution < -0.4 is 0 Å². The summed E-state index contributed by atoms with van der Waals surface area (Å²) in [5, 5.41) is 16.2. The van der Waals surface area contributed by atoms with E-state index in [2.05, 4.69) is 24.9 Å². The van der Waals surface area contributed by atoms with Gasteiger partial charge in [-0.2, -0.15) is 4.98 Å². The zero-order valence-electron chi connectivity index (χ0n) is 15.6. The van der Waals surface area contributed by atoms with E-state index in [-0.39, 0.29) is 0 Å². The zero-order valence-corrected chi connectivity index (χ0v) is 18.0. The minimum Gasteiger partial charge on any atom is -0.385 e. The van der Waals surface area contributed by atoms with Gasteiger partial charge in [-0.25, -0.2) is 0 Å². The first-order valence-corrected chi connectivity index (χ1v) is 11.2. The summed E-state index contributed by atoms with van der Waals surface area (Å²) >= 11 is 9.46. The van der Waals surface area contributed by atoms with E-state index in [4.69, 9.17) is 20.9 Å². The third-order valence-corrected chi connectivity index (χ3v) is 6.24. The molecule has 29 heavy (non-hydrogen) atoms. The first-order chi connectivity index (χ1) is 14.3. The quantitative estimate of drug-likeness (QED) is 0.262. The van der Waals surface area contributed by atoms with Crippen molar-refractivity contribution in [3.63, 3.8) is 0 Å². The van der Waals surface area contributed by atoms with Crippen molar-refractivity contribution in [2.45, 2.75) is 23.9 Å². The van der Waals surface area contributed by atoms with Crippen LogP contribution in [0.15, 0.2) is 51.5 Å². The van der Waals surface area contributed by atoms with Gasteiger partial charge in [-0.1, -0.05) is 46.7 Å². The maximum Gasteiger partial charge on any atom is 0.268 e. The van der Waals surface area contributed by atoms with Gasteiger partial charge in [0.05, 0.1) is 15.7 Å². The molecule has 0 N–H and O–H groups in total. The average Bonchev–Trinajstić information content (AvgIpc) is 3.48. The molecule has 0 aliphatic heterocycles. The second-order valence-electron chi connectivity index (χ2n) is 6.07. The van der Waals surface area contributed by atoms with E-state index < -0.39 is 0 Å². The normalized spacial score (nSPS) is 11.2. The van der Waals surface area contributed by atoms with E-state index >= 15 is 0 Å². The third-order valence-electron chi connectivity index (χ3n) is 4.09. The number of benzene rings is 1. The first kappa shape index (κ1) is 20.1. The smallest absolute Gasteiger partial charge is 0.268 e. The van der Waals surface area contributed by atoms with E-state index in [0.29, 0.717) is 29.1 Å². The van der Waals surface area contributed by atoms with Crippen molar-refractivity contribution in [3.05, 3.63) is 52.6 Å². The summed E-state index contributed by atoms with van der Waals surface area (Å²) < 4.78 is 12.6. The Morgan fingerprint density at radius 1 is 1.21 bits per heavy atom. The summed E-state index contributed by atoms with van der Waals surface area (Å²) in [7, 11) is 1.69. The molecule has 0 radical (unpaired) electrons. The highest BCUT2D eigenvalue weighted by Crippen LogP contribution is 2.31. The molecule has 0 aliphatic rings. The van der Waals surface area contributed by atoms with Crippen molar-refractivity contribution < 1.29 is 9.26 Å². The molecule has 4 aromatic rings. The fourth-order valence-electron chi connectivity index (χ4n) is 2.75. The number of nitrogens with zero attached hydrogens (tertiary/aromatic N) is 5. The zero-order chi connectivity index (χ0) is 20.1. The number of hydrogen-bond donors (Lipinski definition) is 0. The van der Waals surface area contributed by atoms with Gasteiger partial charge in [0.25, 0.3) is 5.89 Å². The van der Waals surface area contributed by atoms with E-state index in [1.54, 1.807) is 18.4 Å². The van der Waals surface area contributed by atoms with Gasteiger partial charge < -0.3 is 13.8 Å². The highest BCUT2D eigenvalue weighted by atomic mass is 35.5. The fraction of sp³-hybridized carbons (Fsp3) is 0.263. The second kappa shape index (κ2) is 9.53. The van der Waals surface area contributed by atoms with Gasteiger partial charge in [-0.3, -0.25) is 0 Å². The van der Waals surface area contributed by atoms with Crippen molar-refractivity contribution >= 4 is 34.7 Å². The molecule has 0 bridgehead atoms. The summed E-state index contributed by atoms with van der Waals surface area (Å²) in [6.45, 7) is 1.37. The number of halogens is 1. The number of rotatable bonds is 9. The molecular formula is C19H18ClN5O2S2. The number of methoxy groups -OCH3 is 1. The molecule has 0 atom stereocenters. The van der Waals surface area contributed by atoms with Gasteiger partial charge in [0.2, 0.25) is 0 Å². The predicted molar refractivity (Wildman–Crippen MR) is 114 cm³/mol. The van der Waals surface area contributed by atoms with E-state index in [1.165, 1.54) is 11.8 Å². The van der Waals surface area contributed by atoms with Crippen LogP contribution in [0.2, 0.25) is 5.02 Å². The molecule has 0 saturated carbocycles. The van der Waals surface area contributed by atoms with Crippen LogP contribution in [0.25, 0.3) is 22.2 Å². The molecule has 10 heteroatoms. The maximum absolute atomic E-state index is 6.38. The van der Waals surface area contributed by atoms with Gasteiger partial charge in [-0.05, 0) is 30.0 Å². The number of thiophene rings is 1. The van der Waals surface area contributed by atoms with Crippen LogP contribution in [-0.4, -0.2) is 38.6 Å². The molecule has 1 aromatic carbocycles. The summed E-state index contributed by atoms with van der Waals surface area (Å²) in [6.07, 6.45) is 0.838. The largest absolute Gasteiger partial charge is 0.385 e. The molecule has 7 nitrogen and oxygen atoms in total. The third kappa shape index (κ3) is 4.69. The summed E-state index contributed by atoms with van der Waals surface area (Å²) in [5.41, 5.74) is 0.852. The maximum atomic E-state index is 6.38. The first-order valence-electron chi connectivity index (χ1n) is 8.92. The molecule has 0 aliphatic carbocycles. The van der Waals surface area contributed by atoms with E-state index in [1.807, 2.05) is 41.8 Å². The van der Waals surface area contributed by atoms with Gasteiger partial charge in [0.1, 0.15) is 0 Å². The topological polar surface area (TPSA) is 78.9 Å². The SMILES string of the molecule is COCCCn1c(SCc2noc(-c3cccs3)n2)nnc1-c1ccccc1Cl. The molecule has 0 unspecified atom stereocenters. The average molecular weight is 448 g/mol. The van der Waals surface area contributed by atoms with Gasteiger partial charge in [0, 0.05) is 25.8 Å². The Bertz CT molecular complexity index is 1060. The summed E-state index contributed by atoms with van der Waals surface area (Å²) in [6, 6.07) is 11.5. The van der Waals surface area contributed by atoms with Crippen LogP contribution >= 0.6 is 34.7 Å². The van der Waals surface area contributed by atoms with Crippen molar-refractivity contribution in [1.29, 1.82) is 0 Å². The fourth-order valence-corrected chi connectivity index (χ4v) is 4.42. The number of aromatic nitrogens is 5. The van der Waals surface area contributed by atoms with Crippen LogP contribution in [0.4, 0.5) is 0 Å². The van der Waals surface area contributed by atoms with Crippen LogP contribution in [0.1, 0.15) is 12.2 Å². The Balaban J connectivity index is 1.54. The van der Waals surface area contributed by atoms with Crippen LogP contribution in [0.5, 0.6) is 0 Å². The highest BCUT2D eigenvalue weighted by Gasteiger charge is 2.18. The van der Waals surface area contributed by atoms with Gasteiger partial charge in [0.15, 0.2) is 16.8 Å². The lowest BCUT2D eigenvalue weighted by molar-refractivity contribution is 0.189. The van der Waals surface area contributed by atoms with E-state index in [0.717, 1.165) is 34.4 Å². The monoisotopic (exact) mass is 447 g/mol. The molecule has 0 fully saturated rings. The van der Waals surface area contributed by atoms with Crippen molar-refractivity contribution in [2.24, 2.45) is 0 Å². The van der Waals surface area contributed by atoms with Crippen LogP contribution in [0, 0.1) is 0 Å². The van der Waals surface area contributed by atoms with Gasteiger partial charge in [-0.15, -0.1) is 21.5 Å². The number of hydrogen-bond acceptors (Lipinski definition) is 8. The summed E-state index contributed by atoms with van der Waals surface area (Å²) in [4.78, 5) is 5.42. The predicted octanol–water partition coefficient (Wildman–Crippen LogP) is 5.04. The number of thioether (sulfide) groups is 1. The Morgan fingerprint density at radius 2 is 2.10 bits per heavy atom. The Labute approximate surface area is 181 Å². The minimum absolute atomic E-state index is 0.528. The van der Waals surface area contributed by atoms with Crippen molar-refractivity contribution in [2.75, 3.05) is 13.7 Å². The second-order valence-corrected chi connectivity index (χ2v) is 8.36. The molecule has 150 valence electrons. The van der Waals surface area contributed by atoms with Crippen LogP contribution in [0.3, 0.4) is 0 Å². The Morgan fingerprint density at radius 3 is 2.90 bits per heavy atom. The lowest BCUT2D eigenvalue weighted by Crippen LogP contribution is -2.05. The highest BCUT2D eigenvalue weighted by molar-refractivity contribution is 7.98. The molecule has 3 heterocycles. The summed E-state index contributed by atoms with van der Waals surface area (Å²) in [5.74, 6) is 2.42. The Hall–Kier alpha value is -2.20. The van der Waals surface area contributed by atoms with E-state index in [9.17, 15) is 0 Å². The molecule has 0 saturated heterocycles. The van der Waals surface area contributed by atoms with Crippen LogP contribution in [-0.2, 0) is 17.0 Å².